The van der Waals surface area contributed by atoms with Crippen LogP contribution < -0.4 is 4.90 Å². The highest BCUT2D eigenvalue weighted by Gasteiger charge is 2.14. The number of carbonyl (C=O) groups excluding carboxylic acids is 2. The first-order valence-electron chi connectivity index (χ1n) is 6.91. The minimum Gasteiger partial charge on any atom is -0.464 e. The first-order chi connectivity index (χ1) is 10.4. The van der Waals surface area contributed by atoms with Crippen LogP contribution in [0.15, 0.2) is 18.2 Å². The highest BCUT2D eigenvalue weighted by atomic mass is 16.5. The van der Waals surface area contributed by atoms with Gasteiger partial charge >= 0.3 is 17.6 Å². The van der Waals surface area contributed by atoms with Gasteiger partial charge in [-0.1, -0.05) is 0 Å². The van der Waals surface area contributed by atoms with Gasteiger partial charge < -0.3 is 14.4 Å². The monoisotopic (exact) mass is 306 g/mol. The van der Waals surface area contributed by atoms with Crippen molar-refractivity contribution in [1.29, 1.82) is 5.39 Å². The van der Waals surface area contributed by atoms with E-state index in [2.05, 4.69) is 4.98 Å². The van der Waals surface area contributed by atoms with Gasteiger partial charge in [-0.3, -0.25) is 9.59 Å². The van der Waals surface area contributed by atoms with Crippen molar-refractivity contribution in [3.63, 3.8) is 0 Å². The second-order valence-corrected chi connectivity index (χ2v) is 4.74. The summed E-state index contributed by atoms with van der Waals surface area (Å²) < 4.78 is 9.90. The molecule has 1 rings (SSSR count). The van der Waals surface area contributed by atoms with E-state index in [0.717, 1.165) is 11.3 Å². The van der Waals surface area contributed by atoms with Crippen molar-refractivity contribution in [2.75, 3.05) is 31.2 Å². The Morgan fingerprint density at radius 2 is 1.68 bits per heavy atom. The van der Waals surface area contributed by atoms with Crippen LogP contribution in [0.4, 0.5) is 11.4 Å². The molecule has 0 spiro atoms. The predicted molar refractivity (Wildman–Crippen MR) is 81.4 cm³/mol. The van der Waals surface area contributed by atoms with Gasteiger partial charge in [0.2, 0.25) is 5.39 Å². The van der Waals surface area contributed by atoms with Gasteiger partial charge in [0, 0.05) is 31.2 Å². The third kappa shape index (κ3) is 5.79. The van der Waals surface area contributed by atoms with Gasteiger partial charge in [-0.05, 0) is 19.1 Å². The number of ether oxygens (including phenoxy) is 2. The molecule has 7 heteroatoms. The summed E-state index contributed by atoms with van der Waals surface area (Å²) >= 11 is 0. The molecule has 7 nitrogen and oxygen atoms in total. The van der Waals surface area contributed by atoms with Crippen molar-refractivity contribution < 1.29 is 19.1 Å². The predicted octanol–water partition coefficient (Wildman–Crippen LogP) is 2.41. The second kappa shape index (κ2) is 8.62. The van der Waals surface area contributed by atoms with Crippen LogP contribution in [0.2, 0.25) is 0 Å². The SMILES string of the molecule is CC(=O)OCCN(CCOC(C)=O)c1ccc([N+]#N)c(C)c1. The molecule has 22 heavy (non-hydrogen) atoms. The van der Waals surface area contributed by atoms with Crippen molar-refractivity contribution in [1.82, 2.24) is 0 Å². The standard InChI is InChI=1S/C15H20N3O4/c1-11-10-14(4-5-15(11)17-16)18(6-8-21-12(2)19)7-9-22-13(3)20/h4-5,10H,6-9H2,1-3H3/q+1. The van der Waals surface area contributed by atoms with Gasteiger partial charge in [0.15, 0.2) is 4.98 Å². The molecule has 0 atom stereocenters. The highest BCUT2D eigenvalue weighted by molar-refractivity contribution is 5.66. The van der Waals surface area contributed by atoms with Gasteiger partial charge in [0.05, 0.1) is 13.1 Å². The summed E-state index contributed by atoms with van der Waals surface area (Å²) in [6.45, 7) is 5.94. The average Bonchev–Trinajstić information content (AvgIpc) is 2.45. The smallest absolute Gasteiger partial charge is 0.388 e. The Balaban J connectivity index is 2.78. The molecule has 0 aliphatic heterocycles. The fraction of sp³-hybridized carbons (Fsp3) is 0.467. The maximum Gasteiger partial charge on any atom is 0.388 e. The zero-order chi connectivity index (χ0) is 16.5. The average molecular weight is 306 g/mol. The Hall–Kier alpha value is -2.62. The van der Waals surface area contributed by atoms with Gasteiger partial charge in [-0.25, -0.2) is 0 Å². The van der Waals surface area contributed by atoms with Crippen LogP contribution >= 0.6 is 0 Å². The summed E-state index contributed by atoms with van der Waals surface area (Å²) in [5.74, 6) is -0.684. The number of anilines is 1. The number of nitrogens with zero attached hydrogens (tertiary/aromatic N) is 3. The fourth-order valence-electron chi connectivity index (χ4n) is 1.92. The van der Waals surface area contributed by atoms with Crippen molar-refractivity contribution in [2.24, 2.45) is 0 Å². The molecule has 0 radical (unpaired) electrons. The lowest BCUT2D eigenvalue weighted by atomic mass is 10.1. The lowest BCUT2D eigenvalue weighted by Gasteiger charge is -2.24. The van der Waals surface area contributed by atoms with Crippen LogP contribution in [0.3, 0.4) is 0 Å². The van der Waals surface area contributed by atoms with Crippen molar-refractivity contribution >= 4 is 23.3 Å². The zero-order valence-electron chi connectivity index (χ0n) is 13.0. The lowest BCUT2D eigenvalue weighted by Crippen LogP contribution is -2.31. The minimum atomic E-state index is -0.342. The van der Waals surface area contributed by atoms with E-state index in [1.54, 1.807) is 12.1 Å². The Kier molecular flexibility index (Phi) is 6.83. The summed E-state index contributed by atoms with van der Waals surface area (Å²) in [6, 6.07) is 5.34. The zero-order valence-corrected chi connectivity index (χ0v) is 13.0. The molecule has 0 amide bonds. The third-order valence-electron chi connectivity index (χ3n) is 2.99. The molecular formula is C15H20N3O4+. The van der Waals surface area contributed by atoms with Crippen molar-refractivity contribution in [3.8, 4) is 0 Å². The molecule has 0 aliphatic rings. The number of benzene rings is 1. The third-order valence-corrected chi connectivity index (χ3v) is 2.99. The maximum atomic E-state index is 10.9. The first-order valence-corrected chi connectivity index (χ1v) is 6.91. The Labute approximate surface area is 129 Å². The van der Waals surface area contributed by atoms with Gasteiger partial charge in [-0.15, -0.1) is 0 Å². The Morgan fingerprint density at radius 3 is 2.09 bits per heavy atom. The normalized spacial score (nSPS) is 9.73. The summed E-state index contributed by atoms with van der Waals surface area (Å²) in [5.41, 5.74) is 2.16. The van der Waals surface area contributed by atoms with Crippen LogP contribution in [0, 0.1) is 12.3 Å². The van der Waals surface area contributed by atoms with E-state index < -0.39 is 0 Å². The Morgan fingerprint density at radius 1 is 1.14 bits per heavy atom. The molecule has 1 aromatic rings. The van der Waals surface area contributed by atoms with E-state index in [4.69, 9.17) is 14.9 Å². The van der Waals surface area contributed by atoms with Crippen LogP contribution in [-0.2, 0) is 19.1 Å². The molecule has 0 heterocycles. The van der Waals surface area contributed by atoms with E-state index in [0.29, 0.717) is 18.8 Å². The molecule has 0 fully saturated rings. The lowest BCUT2D eigenvalue weighted by molar-refractivity contribution is -0.141. The molecule has 0 bridgehead atoms. The van der Waals surface area contributed by atoms with Crippen LogP contribution in [-0.4, -0.2) is 38.2 Å². The van der Waals surface area contributed by atoms with Crippen LogP contribution in [0.5, 0.6) is 0 Å². The summed E-state index contributed by atoms with van der Waals surface area (Å²) in [5, 5.41) is 8.85. The van der Waals surface area contributed by atoms with Crippen molar-refractivity contribution in [2.45, 2.75) is 20.8 Å². The fourth-order valence-corrected chi connectivity index (χ4v) is 1.92. The molecule has 0 N–H and O–H groups in total. The molecule has 118 valence electrons. The minimum absolute atomic E-state index is 0.237. The van der Waals surface area contributed by atoms with E-state index in [1.165, 1.54) is 13.8 Å². The summed E-state index contributed by atoms with van der Waals surface area (Å²) in [6.07, 6.45) is 0. The maximum absolute atomic E-state index is 10.9. The van der Waals surface area contributed by atoms with Crippen LogP contribution in [0.1, 0.15) is 19.4 Å². The van der Waals surface area contributed by atoms with E-state index in [-0.39, 0.29) is 25.2 Å². The molecule has 1 aromatic carbocycles. The number of carbonyl (C=O) groups is 2. The molecule has 0 aromatic heterocycles. The topological polar surface area (TPSA) is 84.0 Å². The molecule has 0 aliphatic carbocycles. The first kappa shape index (κ1) is 17.4. The highest BCUT2D eigenvalue weighted by Crippen LogP contribution is 2.24. The molecular weight excluding hydrogens is 286 g/mol. The summed E-state index contributed by atoms with van der Waals surface area (Å²) in [4.78, 5) is 26.8. The van der Waals surface area contributed by atoms with E-state index in [9.17, 15) is 9.59 Å². The Bertz CT molecular complexity index is 561. The number of hydrogen-bond donors (Lipinski definition) is 0. The molecule has 0 unspecified atom stereocenters. The number of rotatable bonds is 7. The van der Waals surface area contributed by atoms with Crippen LogP contribution in [0.25, 0.3) is 4.98 Å². The van der Waals surface area contributed by atoms with Crippen molar-refractivity contribution in [3.05, 3.63) is 28.7 Å². The number of hydrogen-bond acceptors (Lipinski definition) is 6. The number of aryl methyl sites for hydroxylation is 1. The van der Waals surface area contributed by atoms with Gasteiger partial charge in [-0.2, -0.15) is 0 Å². The number of esters is 2. The van der Waals surface area contributed by atoms with Gasteiger partial charge in [0.25, 0.3) is 0 Å². The molecule has 0 saturated carbocycles. The van der Waals surface area contributed by atoms with E-state index >= 15 is 0 Å². The quantitative estimate of drug-likeness (QED) is 0.568. The van der Waals surface area contributed by atoms with Gasteiger partial charge in [0.1, 0.15) is 13.2 Å². The largest absolute Gasteiger partial charge is 0.464 e. The number of diazo groups is 1. The molecule has 0 saturated heterocycles. The summed E-state index contributed by atoms with van der Waals surface area (Å²) in [7, 11) is 0. The van der Waals surface area contributed by atoms with E-state index in [1.807, 2.05) is 17.9 Å². The second-order valence-electron chi connectivity index (χ2n) is 4.74.